The minimum Gasteiger partial charge on any atom is -0.493 e. The highest BCUT2D eigenvalue weighted by molar-refractivity contribution is 6.11. The first-order valence-electron chi connectivity index (χ1n) is 6.18. The van der Waals surface area contributed by atoms with Crippen LogP contribution in [0.4, 0.5) is 0 Å². The molecule has 1 aromatic rings. The van der Waals surface area contributed by atoms with Crippen LogP contribution in [-0.2, 0) is 0 Å². The molecule has 0 N–H and O–H groups in total. The van der Waals surface area contributed by atoms with E-state index >= 15 is 0 Å². The van der Waals surface area contributed by atoms with E-state index in [9.17, 15) is 4.79 Å². The third-order valence-corrected chi connectivity index (χ3v) is 2.93. The summed E-state index contributed by atoms with van der Waals surface area (Å²) in [4.78, 5) is 12.6. The summed E-state index contributed by atoms with van der Waals surface area (Å²) in [7, 11) is 2.81. The van der Waals surface area contributed by atoms with Crippen LogP contribution in [0.25, 0.3) is 0 Å². The molecule has 0 aliphatic heterocycles. The molecule has 0 saturated carbocycles. The lowest BCUT2D eigenvalue weighted by Gasteiger charge is -2.11. The SMILES string of the molecule is COc1ccc(C(=O)C(=C(C#N)C#N)C(C#N)C#N)cc1OC. The van der Waals surface area contributed by atoms with Crippen molar-refractivity contribution in [1.82, 2.24) is 0 Å². The lowest BCUT2D eigenvalue weighted by Crippen LogP contribution is -2.14. The number of hydrogen-bond donors (Lipinski definition) is 0. The molecule has 112 valence electrons. The summed E-state index contributed by atoms with van der Waals surface area (Å²) >= 11 is 0. The van der Waals surface area contributed by atoms with Crippen LogP contribution in [0.3, 0.4) is 0 Å². The molecular weight excluding hydrogens is 296 g/mol. The van der Waals surface area contributed by atoms with E-state index in [2.05, 4.69) is 0 Å². The van der Waals surface area contributed by atoms with Crippen molar-refractivity contribution < 1.29 is 14.3 Å². The average Bonchev–Trinajstić information content (AvgIpc) is 2.60. The summed E-state index contributed by atoms with van der Waals surface area (Å²) in [5.41, 5.74) is -0.957. The van der Waals surface area contributed by atoms with Gasteiger partial charge >= 0.3 is 0 Å². The number of nitrogens with zero attached hydrogens (tertiary/aromatic N) is 4. The Labute approximate surface area is 132 Å². The smallest absolute Gasteiger partial charge is 0.193 e. The summed E-state index contributed by atoms with van der Waals surface area (Å²) in [5, 5.41) is 35.9. The van der Waals surface area contributed by atoms with E-state index in [1.165, 1.54) is 32.4 Å². The second kappa shape index (κ2) is 7.84. The Morgan fingerprint density at radius 2 is 1.57 bits per heavy atom. The third kappa shape index (κ3) is 3.45. The van der Waals surface area contributed by atoms with Gasteiger partial charge in [-0.15, -0.1) is 0 Å². The van der Waals surface area contributed by atoms with Crippen molar-refractivity contribution in [2.24, 2.45) is 5.92 Å². The van der Waals surface area contributed by atoms with Crippen molar-refractivity contribution >= 4 is 5.78 Å². The van der Waals surface area contributed by atoms with Crippen LogP contribution in [0.2, 0.25) is 0 Å². The van der Waals surface area contributed by atoms with Gasteiger partial charge in [-0.25, -0.2) is 0 Å². The van der Waals surface area contributed by atoms with Crippen LogP contribution < -0.4 is 9.47 Å². The summed E-state index contributed by atoms with van der Waals surface area (Å²) in [6, 6.07) is 10.5. The maximum atomic E-state index is 12.6. The maximum absolute atomic E-state index is 12.6. The number of benzene rings is 1. The number of ketones is 1. The van der Waals surface area contributed by atoms with Gasteiger partial charge in [-0.3, -0.25) is 4.79 Å². The summed E-state index contributed by atoms with van der Waals surface area (Å²) < 4.78 is 10.1. The second-order valence-electron chi connectivity index (χ2n) is 4.10. The Morgan fingerprint density at radius 1 is 1.00 bits per heavy atom. The quantitative estimate of drug-likeness (QED) is 0.461. The van der Waals surface area contributed by atoms with Crippen molar-refractivity contribution in [3.63, 3.8) is 0 Å². The summed E-state index contributed by atoms with van der Waals surface area (Å²) in [5.74, 6) is -1.65. The molecule has 0 spiro atoms. The number of carbonyl (C=O) groups excluding carboxylic acids is 1. The number of Topliss-reactive ketones (excluding diaryl/α,β-unsaturated/α-hetero) is 1. The van der Waals surface area contributed by atoms with Crippen LogP contribution in [0.5, 0.6) is 11.5 Å². The van der Waals surface area contributed by atoms with E-state index in [0.717, 1.165) is 0 Å². The first-order valence-corrected chi connectivity index (χ1v) is 6.18. The maximum Gasteiger partial charge on any atom is 0.193 e. The van der Waals surface area contributed by atoms with Gasteiger partial charge in [0.1, 0.15) is 17.7 Å². The van der Waals surface area contributed by atoms with E-state index in [0.29, 0.717) is 5.75 Å². The van der Waals surface area contributed by atoms with E-state index < -0.39 is 22.8 Å². The van der Waals surface area contributed by atoms with E-state index in [1.54, 1.807) is 24.3 Å². The lowest BCUT2D eigenvalue weighted by molar-refractivity contribution is 0.102. The van der Waals surface area contributed by atoms with Crippen LogP contribution in [0.1, 0.15) is 10.4 Å². The number of ether oxygens (including phenoxy) is 2. The molecule has 0 aliphatic rings. The van der Waals surface area contributed by atoms with Crippen molar-refractivity contribution in [2.75, 3.05) is 14.2 Å². The Hall–Kier alpha value is -3.81. The molecule has 23 heavy (non-hydrogen) atoms. The number of allylic oxidation sites excluding steroid dienone is 2. The fourth-order valence-electron chi connectivity index (χ4n) is 1.83. The zero-order chi connectivity index (χ0) is 17.4. The minimum absolute atomic E-state index is 0.0659. The standard InChI is InChI=1S/C16H10N4O3/c1-22-13-4-3-10(5-14(13)23-2)16(21)15(11(6-17)7-18)12(8-19)9-20/h3-5,11H,1-2H3. The predicted octanol–water partition coefficient (Wildman–Crippen LogP) is 1.89. The van der Waals surface area contributed by atoms with Crippen LogP contribution in [0, 0.1) is 51.2 Å². The summed E-state index contributed by atoms with van der Waals surface area (Å²) in [6.07, 6.45) is 0. The molecule has 0 unspecified atom stereocenters. The number of hydrogen-bond acceptors (Lipinski definition) is 7. The van der Waals surface area contributed by atoms with Gasteiger partial charge in [0.2, 0.25) is 0 Å². The van der Waals surface area contributed by atoms with E-state index in [1.807, 2.05) is 0 Å². The minimum atomic E-state index is -1.52. The second-order valence-corrected chi connectivity index (χ2v) is 4.10. The molecule has 0 atom stereocenters. The van der Waals surface area contributed by atoms with Crippen molar-refractivity contribution in [2.45, 2.75) is 0 Å². The summed E-state index contributed by atoms with van der Waals surface area (Å²) in [6.45, 7) is 0. The molecule has 0 amide bonds. The first-order chi connectivity index (χ1) is 11.1. The zero-order valence-electron chi connectivity index (χ0n) is 12.3. The van der Waals surface area contributed by atoms with Gasteiger partial charge in [0.05, 0.1) is 31.9 Å². The van der Waals surface area contributed by atoms with E-state index in [-0.39, 0.29) is 11.3 Å². The number of carbonyl (C=O) groups is 1. The third-order valence-electron chi connectivity index (χ3n) is 2.93. The number of nitriles is 4. The Balaban J connectivity index is 3.54. The van der Waals surface area contributed by atoms with Gasteiger partial charge in [0.15, 0.2) is 23.2 Å². The van der Waals surface area contributed by atoms with Gasteiger partial charge < -0.3 is 9.47 Å². The van der Waals surface area contributed by atoms with Crippen molar-refractivity contribution in [3.05, 3.63) is 34.9 Å². The van der Waals surface area contributed by atoms with Crippen molar-refractivity contribution in [1.29, 1.82) is 21.0 Å². The predicted molar refractivity (Wildman–Crippen MR) is 76.8 cm³/mol. The molecule has 0 heterocycles. The zero-order valence-corrected chi connectivity index (χ0v) is 12.3. The topological polar surface area (TPSA) is 131 Å². The Morgan fingerprint density at radius 3 is 2.00 bits per heavy atom. The largest absolute Gasteiger partial charge is 0.493 e. The molecule has 0 bridgehead atoms. The Bertz CT molecular complexity index is 799. The fourth-order valence-corrected chi connectivity index (χ4v) is 1.83. The van der Waals surface area contributed by atoms with Crippen LogP contribution >= 0.6 is 0 Å². The van der Waals surface area contributed by atoms with Crippen molar-refractivity contribution in [3.8, 4) is 35.8 Å². The highest BCUT2D eigenvalue weighted by atomic mass is 16.5. The molecular formula is C16H10N4O3. The lowest BCUT2D eigenvalue weighted by atomic mass is 9.90. The highest BCUT2D eigenvalue weighted by Gasteiger charge is 2.27. The molecule has 0 saturated heterocycles. The first kappa shape index (κ1) is 17.2. The number of methoxy groups -OCH3 is 2. The van der Waals surface area contributed by atoms with Crippen LogP contribution in [-0.4, -0.2) is 20.0 Å². The molecule has 0 aromatic heterocycles. The average molecular weight is 306 g/mol. The Kier molecular flexibility index (Phi) is 5.87. The molecule has 7 heteroatoms. The molecule has 0 radical (unpaired) electrons. The molecule has 1 aromatic carbocycles. The number of rotatable bonds is 5. The van der Waals surface area contributed by atoms with E-state index in [4.69, 9.17) is 30.5 Å². The molecule has 1 rings (SSSR count). The molecule has 7 nitrogen and oxygen atoms in total. The highest BCUT2D eigenvalue weighted by Crippen LogP contribution is 2.30. The monoisotopic (exact) mass is 306 g/mol. The normalized spacial score (nSPS) is 8.83. The van der Waals surface area contributed by atoms with Gasteiger partial charge in [-0.1, -0.05) is 0 Å². The molecule has 0 fully saturated rings. The molecule has 0 aliphatic carbocycles. The van der Waals surface area contributed by atoms with Gasteiger partial charge in [0, 0.05) is 5.56 Å². The van der Waals surface area contributed by atoms with Gasteiger partial charge in [0.25, 0.3) is 0 Å². The fraction of sp³-hybridized carbons (Fsp3) is 0.188. The van der Waals surface area contributed by atoms with Crippen LogP contribution in [0.15, 0.2) is 29.3 Å². The van der Waals surface area contributed by atoms with Gasteiger partial charge in [-0.05, 0) is 18.2 Å². The van der Waals surface area contributed by atoms with Gasteiger partial charge in [-0.2, -0.15) is 21.0 Å².